The molecule has 1 saturated heterocycles. The van der Waals surface area contributed by atoms with Gasteiger partial charge in [-0.2, -0.15) is 0 Å². The van der Waals surface area contributed by atoms with Gasteiger partial charge in [0.1, 0.15) is 18.8 Å². The first-order valence-corrected chi connectivity index (χ1v) is 9.70. The van der Waals surface area contributed by atoms with Crippen LogP contribution in [0.15, 0.2) is 47.5 Å². The zero-order valence-electron chi connectivity index (χ0n) is 13.8. The average molecular weight is 363 g/mol. The second-order valence-corrected chi connectivity index (χ2v) is 7.92. The van der Waals surface area contributed by atoms with Gasteiger partial charge in [0.05, 0.1) is 29.1 Å². The molecule has 0 spiro atoms. The summed E-state index contributed by atoms with van der Waals surface area (Å²) in [5.74, 6) is 1.00. The van der Waals surface area contributed by atoms with E-state index in [1.165, 1.54) is 12.1 Å². The lowest BCUT2D eigenvalue weighted by atomic mass is 10.2. The topological polar surface area (TPSA) is 97.9 Å². The van der Waals surface area contributed by atoms with Crippen LogP contribution in [0.25, 0.3) is 0 Å². The number of nitro benzene ring substituents is 1. The standard InChI is InChI=1S/C16H18N4O4S/c1-25(23,24)13-5-6-14(15(12-13)20(21)22)18-8-10-19(11-9-18)16-4-2-3-7-17-16/h2-7,12H,8-11H2,1H3/p+1. The average Bonchev–Trinajstić information content (AvgIpc) is 2.61. The predicted octanol–water partition coefficient (Wildman–Crippen LogP) is 1.14. The third-order valence-electron chi connectivity index (χ3n) is 4.23. The lowest BCUT2D eigenvalue weighted by Crippen LogP contribution is -2.48. The molecule has 25 heavy (non-hydrogen) atoms. The summed E-state index contributed by atoms with van der Waals surface area (Å²) in [4.78, 5) is 18.1. The van der Waals surface area contributed by atoms with Gasteiger partial charge in [-0.25, -0.2) is 13.4 Å². The van der Waals surface area contributed by atoms with E-state index in [0.29, 0.717) is 31.9 Å². The Hall–Kier alpha value is -2.68. The first-order chi connectivity index (χ1) is 11.9. The van der Waals surface area contributed by atoms with Gasteiger partial charge in [-0.1, -0.05) is 6.07 Å². The number of anilines is 2. The number of aromatic nitrogens is 1. The fourth-order valence-electron chi connectivity index (χ4n) is 2.92. The number of sulfone groups is 1. The molecule has 1 fully saturated rings. The predicted molar refractivity (Wildman–Crippen MR) is 93.6 cm³/mol. The van der Waals surface area contributed by atoms with E-state index in [9.17, 15) is 18.5 Å². The second kappa shape index (κ2) is 6.67. The molecule has 1 aromatic carbocycles. The number of benzene rings is 1. The molecule has 1 aliphatic rings. The maximum absolute atomic E-state index is 11.6. The number of nitrogens with zero attached hydrogens (tertiary/aromatic N) is 3. The highest BCUT2D eigenvalue weighted by Gasteiger charge is 2.28. The fourth-order valence-corrected chi connectivity index (χ4v) is 3.56. The monoisotopic (exact) mass is 363 g/mol. The van der Waals surface area contributed by atoms with E-state index in [1.54, 1.807) is 0 Å². The Morgan fingerprint density at radius 1 is 1.08 bits per heavy atom. The highest BCUT2D eigenvalue weighted by Crippen LogP contribution is 2.31. The van der Waals surface area contributed by atoms with Gasteiger partial charge in [0.15, 0.2) is 9.84 Å². The summed E-state index contributed by atoms with van der Waals surface area (Å²) >= 11 is 0. The van der Waals surface area contributed by atoms with Gasteiger partial charge in [0.2, 0.25) is 0 Å². The van der Waals surface area contributed by atoms with Crippen LogP contribution in [0.1, 0.15) is 0 Å². The second-order valence-electron chi connectivity index (χ2n) is 5.90. The molecule has 9 heteroatoms. The van der Waals surface area contributed by atoms with Crippen LogP contribution in [-0.2, 0) is 9.84 Å². The summed E-state index contributed by atoms with van der Waals surface area (Å²) in [6.45, 7) is 2.65. The Morgan fingerprint density at radius 2 is 1.76 bits per heavy atom. The van der Waals surface area contributed by atoms with Crippen molar-refractivity contribution in [3.63, 3.8) is 0 Å². The summed E-state index contributed by atoms with van der Waals surface area (Å²) in [7, 11) is -3.49. The molecule has 1 N–H and O–H groups in total. The molecule has 0 atom stereocenters. The number of hydrogen-bond donors (Lipinski definition) is 0. The molecule has 0 unspecified atom stereocenters. The Kier molecular flexibility index (Phi) is 4.58. The van der Waals surface area contributed by atoms with Gasteiger partial charge >= 0.3 is 0 Å². The molecule has 132 valence electrons. The minimum absolute atomic E-state index is 0.0412. The number of hydrogen-bond acceptors (Lipinski definition) is 6. The molecule has 2 aromatic rings. The van der Waals surface area contributed by atoms with Crippen LogP contribution in [0.3, 0.4) is 0 Å². The van der Waals surface area contributed by atoms with E-state index in [-0.39, 0.29) is 10.6 Å². The molecule has 8 nitrogen and oxygen atoms in total. The third-order valence-corrected chi connectivity index (χ3v) is 5.34. The molecule has 1 aromatic heterocycles. The maximum Gasteiger partial charge on any atom is 0.293 e. The van der Waals surface area contributed by atoms with Crippen molar-refractivity contribution in [3.05, 3.63) is 52.7 Å². The Morgan fingerprint density at radius 3 is 2.32 bits per heavy atom. The van der Waals surface area contributed by atoms with Gasteiger partial charge in [-0.15, -0.1) is 0 Å². The van der Waals surface area contributed by atoms with Gasteiger partial charge in [0.25, 0.3) is 11.5 Å². The molecular weight excluding hydrogens is 344 g/mol. The Labute approximate surface area is 145 Å². The van der Waals surface area contributed by atoms with Crippen LogP contribution < -0.4 is 14.8 Å². The summed E-state index contributed by atoms with van der Waals surface area (Å²) < 4.78 is 23.3. The lowest BCUT2D eigenvalue weighted by Gasteiger charge is -2.32. The van der Waals surface area contributed by atoms with Crippen molar-refractivity contribution in [2.24, 2.45) is 0 Å². The van der Waals surface area contributed by atoms with Crippen LogP contribution in [0, 0.1) is 10.1 Å². The highest BCUT2D eigenvalue weighted by molar-refractivity contribution is 7.90. The van der Waals surface area contributed by atoms with Crippen LogP contribution >= 0.6 is 0 Å². The minimum Gasteiger partial charge on any atom is -0.358 e. The molecule has 1 aliphatic heterocycles. The van der Waals surface area contributed by atoms with Crippen LogP contribution in [0.2, 0.25) is 0 Å². The van der Waals surface area contributed by atoms with Crippen molar-refractivity contribution in [1.82, 2.24) is 0 Å². The largest absolute Gasteiger partial charge is 0.358 e. The minimum atomic E-state index is -3.49. The number of pyridine rings is 1. The van der Waals surface area contributed by atoms with E-state index in [4.69, 9.17) is 0 Å². The van der Waals surface area contributed by atoms with Gasteiger partial charge in [-0.3, -0.25) is 15.0 Å². The highest BCUT2D eigenvalue weighted by atomic mass is 32.2. The van der Waals surface area contributed by atoms with Gasteiger partial charge < -0.3 is 4.90 Å². The third kappa shape index (κ3) is 3.71. The SMILES string of the molecule is CS(=O)(=O)c1ccc(N2CCN(c3cccc[nH+]3)CC2)c([N+](=O)[O-])c1. The quantitative estimate of drug-likeness (QED) is 0.597. The zero-order valence-corrected chi connectivity index (χ0v) is 14.6. The summed E-state index contributed by atoms with van der Waals surface area (Å²) in [5, 5.41) is 11.4. The lowest BCUT2D eigenvalue weighted by molar-refractivity contribution is -0.384. The molecule has 0 bridgehead atoms. The fraction of sp³-hybridized carbons (Fsp3) is 0.312. The maximum atomic E-state index is 11.6. The van der Waals surface area contributed by atoms with Crippen molar-refractivity contribution in [2.75, 3.05) is 42.2 Å². The van der Waals surface area contributed by atoms with Crippen LogP contribution in [0.4, 0.5) is 17.2 Å². The van der Waals surface area contributed by atoms with E-state index >= 15 is 0 Å². The Balaban J connectivity index is 1.82. The number of nitrogens with one attached hydrogen (secondary N) is 1. The van der Waals surface area contributed by atoms with E-state index in [0.717, 1.165) is 18.1 Å². The molecule has 2 heterocycles. The van der Waals surface area contributed by atoms with Gasteiger partial charge in [-0.05, 0) is 18.2 Å². The molecular formula is C16H19N4O4S+. The summed E-state index contributed by atoms with van der Waals surface area (Å²) in [5.41, 5.74) is 0.275. The van der Waals surface area contributed by atoms with Crippen LogP contribution in [-0.4, -0.2) is 45.8 Å². The summed E-state index contributed by atoms with van der Waals surface area (Å²) in [6.07, 6.45) is 2.90. The zero-order chi connectivity index (χ0) is 18.0. The molecule has 0 amide bonds. The van der Waals surface area contributed by atoms with Crippen molar-refractivity contribution in [3.8, 4) is 0 Å². The molecule has 0 aliphatic carbocycles. The van der Waals surface area contributed by atoms with E-state index < -0.39 is 14.8 Å². The first-order valence-electron chi connectivity index (χ1n) is 7.81. The van der Waals surface area contributed by atoms with Crippen LogP contribution in [0.5, 0.6) is 0 Å². The molecule has 0 radical (unpaired) electrons. The number of nitro groups is 1. The van der Waals surface area contributed by atoms with Crippen molar-refractivity contribution in [2.45, 2.75) is 4.90 Å². The van der Waals surface area contributed by atoms with Crippen molar-refractivity contribution >= 4 is 27.0 Å². The molecule has 3 rings (SSSR count). The first kappa shape index (κ1) is 17.2. The number of piperazine rings is 1. The Bertz CT molecular complexity index is 878. The number of aromatic amines is 1. The number of rotatable bonds is 4. The van der Waals surface area contributed by atoms with Crippen molar-refractivity contribution < 1.29 is 18.3 Å². The molecule has 0 saturated carbocycles. The normalized spacial score (nSPS) is 15.2. The smallest absolute Gasteiger partial charge is 0.293 e. The van der Waals surface area contributed by atoms with Crippen molar-refractivity contribution in [1.29, 1.82) is 0 Å². The summed E-state index contributed by atoms with van der Waals surface area (Å²) in [6, 6.07) is 9.94. The van der Waals surface area contributed by atoms with E-state index in [2.05, 4.69) is 9.88 Å². The van der Waals surface area contributed by atoms with E-state index in [1.807, 2.05) is 29.3 Å². The number of H-pyrrole nitrogens is 1. The van der Waals surface area contributed by atoms with Gasteiger partial charge in [0, 0.05) is 18.4 Å².